The number of aryl methyl sites for hydroxylation is 1. The highest BCUT2D eigenvalue weighted by Crippen LogP contribution is 2.23. The summed E-state index contributed by atoms with van der Waals surface area (Å²) in [5, 5.41) is 8.25. The number of carbonyl (C=O) groups excluding carboxylic acids is 1. The van der Waals surface area contributed by atoms with Crippen molar-refractivity contribution in [1.29, 1.82) is 0 Å². The molecule has 2 aromatic heterocycles. The molecule has 176 valence electrons. The standard InChI is InChI=1S/C26H29N5O2S/c1-18(2)34-22-9-7-20(8-10-22)14-24(32)27-11-12-31-25-23(15-29-31)26(33)30(17-28-25)16-21-6-4-5-19(3)13-21/h4-10,13,15,17-18H,11-12,14,16H2,1-3H3,(H,27,32). The molecule has 4 rings (SSSR count). The first-order chi connectivity index (χ1) is 16.4. The van der Waals surface area contributed by atoms with Gasteiger partial charge in [-0.05, 0) is 30.2 Å². The maximum absolute atomic E-state index is 12.9. The molecule has 0 radical (unpaired) electrons. The van der Waals surface area contributed by atoms with E-state index in [4.69, 9.17) is 0 Å². The molecule has 0 fully saturated rings. The molecule has 2 heterocycles. The van der Waals surface area contributed by atoms with Gasteiger partial charge in [0.15, 0.2) is 5.65 Å². The third kappa shape index (κ3) is 5.94. The van der Waals surface area contributed by atoms with Crippen LogP contribution in [0.15, 0.2) is 70.7 Å². The number of benzene rings is 2. The molecule has 0 atom stereocenters. The quantitative estimate of drug-likeness (QED) is 0.372. The summed E-state index contributed by atoms with van der Waals surface area (Å²) >= 11 is 1.80. The van der Waals surface area contributed by atoms with Crippen LogP contribution in [-0.4, -0.2) is 37.0 Å². The Hall–Kier alpha value is -3.39. The number of nitrogens with zero attached hydrogens (tertiary/aromatic N) is 4. The van der Waals surface area contributed by atoms with Crippen molar-refractivity contribution < 1.29 is 4.79 Å². The number of hydrogen-bond donors (Lipinski definition) is 1. The van der Waals surface area contributed by atoms with Crippen LogP contribution < -0.4 is 10.9 Å². The molecule has 0 aliphatic heterocycles. The largest absolute Gasteiger partial charge is 0.354 e. The van der Waals surface area contributed by atoms with Gasteiger partial charge >= 0.3 is 0 Å². The number of hydrogen-bond acceptors (Lipinski definition) is 5. The Bertz CT molecular complexity index is 1340. The number of rotatable bonds is 9. The fourth-order valence-corrected chi connectivity index (χ4v) is 4.63. The summed E-state index contributed by atoms with van der Waals surface area (Å²) in [6.07, 6.45) is 3.44. The number of nitrogens with one attached hydrogen (secondary N) is 1. The zero-order valence-electron chi connectivity index (χ0n) is 19.7. The molecule has 0 bridgehead atoms. The minimum atomic E-state index is -0.124. The first kappa shape index (κ1) is 23.8. The smallest absolute Gasteiger partial charge is 0.264 e. The van der Waals surface area contributed by atoms with E-state index in [1.807, 2.05) is 37.3 Å². The van der Waals surface area contributed by atoms with Crippen molar-refractivity contribution in [1.82, 2.24) is 24.6 Å². The molecule has 0 aliphatic carbocycles. The van der Waals surface area contributed by atoms with Gasteiger partial charge in [-0.2, -0.15) is 5.10 Å². The van der Waals surface area contributed by atoms with Crippen molar-refractivity contribution in [2.24, 2.45) is 0 Å². The molecule has 0 spiro atoms. The van der Waals surface area contributed by atoms with Gasteiger partial charge in [-0.15, -0.1) is 11.8 Å². The van der Waals surface area contributed by atoms with Crippen molar-refractivity contribution in [3.8, 4) is 0 Å². The minimum absolute atomic E-state index is 0.0470. The minimum Gasteiger partial charge on any atom is -0.354 e. The monoisotopic (exact) mass is 475 g/mol. The molecule has 1 N–H and O–H groups in total. The number of thioether (sulfide) groups is 1. The van der Waals surface area contributed by atoms with E-state index in [0.717, 1.165) is 16.7 Å². The number of carbonyl (C=O) groups is 1. The van der Waals surface area contributed by atoms with E-state index >= 15 is 0 Å². The van der Waals surface area contributed by atoms with E-state index in [0.29, 0.717) is 42.3 Å². The van der Waals surface area contributed by atoms with Crippen molar-refractivity contribution >= 4 is 28.7 Å². The fourth-order valence-electron chi connectivity index (χ4n) is 3.79. The molecular weight excluding hydrogens is 446 g/mol. The average molecular weight is 476 g/mol. The highest BCUT2D eigenvalue weighted by Gasteiger charge is 2.11. The second kappa shape index (κ2) is 10.7. The lowest BCUT2D eigenvalue weighted by Crippen LogP contribution is -2.29. The predicted molar refractivity (Wildman–Crippen MR) is 136 cm³/mol. The second-order valence-corrected chi connectivity index (χ2v) is 10.3. The third-order valence-electron chi connectivity index (χ3n) is 5.36. The van der Waals surface area contributed by atoms with E-state index in [1.165, 1.54) is 4.90 Å². The van der Waals surface area contributed by atoms with E-state index in [2.05, 4.69) is 47.4 Å². The molecule has 2 aromatic carbocycles. The molecule has 8 heteroatoms. The van der Waals surface area contributed by atoms with Crippen molar-refractivity contribution in [2.75, 3.05) is 6.54 Å². The highest BCUT2D eigenvalue weighted by molar-refractivity contribution is 7.99. The van der Waals surface area contributed by atoms with Crippen molar-refractivity contribution in [3.63, 3.8) is 0 Å². The van der Waals surface area contributed by atoms with Gasteiger partial charge in [0.05, 0.1) is 25.7 Å². The predicted octanol–water partition coefficient (Wildman–Crippen LogP) is 3.81. The van der Waals surface area contributed by atoms with Gasteiger partial charge < -0.3 is 5.32 Å². The molecule has 7 nitrogen and oxygen atoms in total. The Morgan fingerprint density at radius 2 is 1.91 bits per heavy atom. The molecule has 0 aliphatic rings. The summed E-state index contributed by atoms with van der Waals surface area (Å²) < 4.78 is 3.25. The van der Waals surface area contributed by atoms with Gasteiger partial charge in [-0.3, -0.25) is 14.2 Å². The lowest BCUT2D eigenvalue weighted by molar-refractivity contribution is -0.120. The Kier molecular flexibility index (Phi) is 7.47. The van der Waals surface area contributed by atoms with Crippen LogP contribution in [-0.2, 0) is 24.3 Å². The van der Waals surface area contributed by atoms with Gasteiger partial charge in [-0.25, -0.2) is 9.67 Å². The van der Waals surface area contributed by atoms with Gasteiger partial charge in [0.1, 0.15) is 11.7 Å². The van der Waals surface area contributed by atoms with Crippen molar-refractivity contribution in [2.45, 2.75) is 50.4 Å². The molecule has 34 heavy (non-hydrogen) atoms. The molecule has 4 aromatic rings. The summed E-state index contributed by atoms with van der Waals surface area (Å²) in [4.78, 5) is 30.9. The molecular formula is C26H29N5O2S. The van der Waals surface area contributed by atoms with Gasteiger partial charge in [0.2, 0.25) is 5.91 Å². The van der Waals surface area contributed by atoms with Crippen LogP contribution in [0.25, 0.3) is 11.0 Å². The van der Waals surface area contributed by atoms with E-state index in [-0.39, 0.29) is 11.5 Å². The normalized spacial score (nSPS) is 11.3. The summed E-state index contributed by atoms with van der Waals surface area (Å²) in [5.41, 5.74) is 3.58. The van der Waals surface area contributed by atoms with Crippen LogP contribution in [0.4, 0.5) is 0 Å². The molecule has 0 saturated heterocycles. The number of fused-ring (bicyclic) bond motifs is 1. The van der Waals surface area contributed by atoms with Crippen molar-refractivity contribution in [3.05, 3.63) is 88.1 Å². The zero-order valence-corrected chi connectivity index (χ0v) is 20.5. The topological polar surface area (TPSA) is 81.8 Å². The first-order valence-electron chi connectivity index (χ1n) is 11.4. The van der Waals surface area contributed by atoms with Crippen LogP contribution in [0.1, 0.15) is 30.5 Å². The zero-order chi connectivity index (χ0) is 24.1. The first-order valence-corrected chi connectivity index (χ1v) is 12.3. The van der Waals surface area contributed by atoms with Crippen LogP contribution in [0.5, 0.6) is 0 Å². The third-order valence-corrected chi connectivity index (χ3v) is 6.38. The summed E-state index contributed by atoms with van der Waals surface area (Å²) in [6, 6.07) is 16.2. The Balaban J connectivity index is 1.34. The summed E-state index contributed by atoms with van der Waals surface area (Å²) in [7, 11) is 0. The van der Waals surface area contributed by atoms with Crippen LogP contribution in [0.2, 0.25) is 0 Å². The van der Waals surface area contributed by atoms with E-state index < -0.39 is 0 Å². The van der Waals surface area contributed by atoms with Gasteiger partial charge in [0.25, 0.3) is 5.56 Å². The lowest BCUT2D eigenvalue weighted by Gasteiger charge is -2.09. The lowest BCUT2D eigenvalue weighted by atomic mass is 10.1. The van der Waals surface area contributed by atoms with Gasteiger partial charge in [-0.1, -0.05) is 55.8 Å². The van der Waals surface area contributed by atoms with E-state index in [1.54, 1.807) is 33.5 Å². The Morgan fingerprint density at radius 1 is 1.12 bits per heavy atom. The molecule has 0 unspecified atom stereocenters. The van der Waals surface area contributed by atoms with Gasteiger partial charge in [0, 0.05) is 16.7 Å². The Labute approximate surface area is 203 Å². The molecule has 0 saturated carbocycles. The summed E-state index contributed by atoms with van der Waals surface area (Å²) in [6.45, 7) is 7.65. The Morgan fingerprint density at radius 3 is 2.65 bits per heavy atom. The maximum atomic E-state index is 12.9. The number of amides is 1. The fraction of sp³-hybridized carbons (Fsp3) is 0.308. The maximum Gasteiger partial charge on any atom is 0.264 e. The van der Waals surface area contributed by atoms with Crippen LogP contribution >= 0.6 is 11.8 Å². The van der Waals surface area contributed by atoms with Crippen LogP contribution in [0.3, 0.4) is 0 Å². The SMILES string of the molecule is Cc1cccc(Cn2cnc3c(cnn3CCNC(=O)Cc3ccc(SC(C)C)cc3)c2=O)c1. The van der Waals surface area contributed by atoms with E-state index in [9.17, 15) is 9.59 Å². The van der Waals surface area contributed by atoms with Crippen LogP contribution in [0, 0.1) is 6.92 Å². The average Bonchev–Trinajstić information content (AvgIpc) is 3.20. The highest BCUT2D eigenvalue weighted by atomic mass is 32.2. The molecule has 1 amide bonds. The second-order valence-electron chi connectivity index (χ2n) is 8.61. The summed E-state index contributed by atoms with van der Waals surface area (Å²) in [5.74, 6) is -0.0470. The number of aromatic nitrogens is 4.